The molecule has 2 heterocycles. The first-order valence-corrected chi connectivity index (χ1v) is 10.3. The summed E-state index contributed by atoms with van der Waals surface area (Å²) in [6.07, 6.45) is 3.80. The van der Waals surface area contributed by atoms with E-state index in [-0.39, 0.29) is 5.56 Å². The molecule has 1 aliphatic rings. The molecule has 0 atom stereocenters. The lowest BCUT2D eigenvalue weighted by molar-refractivity contribution is 0.103. The van der Waals surface area contributed by atoms with Gasteiger partial charge in [0.2, 0.25) is 15.8 Å². The molecule has 10 heteroatoms. The van der Waals surface area contributed by atoms with E-state index in [1.165, 1.54) is 12.4 Å². The predicted octanol–water partition coefficient (Wildman–Crippen LogP) is 3.74. The summed E-state index contributed by atoms with van der Waals surface area (Å²) in [6, 6.07) is 3.43. The van der Waals surface area contributed by atoms with Gasteiger partial charge in [0.25, 0.3) is 0 Å². The maximum Gasteiger partial charge on any atom is 0.235 e. The highest BCUT2D eigenvalue weighted by Gasteiger charge is 2.36. The molecule has 6 nitrogen and oxygen atoms in total. The van der Waals surface area contributed by atoms with Crippen LogP contribution >= 0.6 is 15.9 Å². The highest BCUT2D eigenvalue weighted by atomic mass is 79.9. The normalized spacial score (nSPS) is 14.5. The summed E-state index contributed by atoms with van der Waals surface area (Å²) in [5.74, 6) is -3.24. The molecule has 0 radical (unpaired) electrons. The molecule has 1 saturated carbocycles. The summed E-state index contributed by atoms with van der Waals surface area (Å²) in [7, 11) is -3.76. The molecule has 1 fully saturated rings. The zero-order chi connectivity index (χ0) is 19.3. The lowest BCUT2D eigenvalue weighted by Crippen LogP contribution is -2.19. The topological polar surface area (TPSA) is 91.9 Å². The number of aromatic amines is 1. The average molecular weight is 456 g/mol. The third-order valence-electron chi connectivity index (χ3n) is 4.28. The van der Waals surface area contributed by atoms with E-state index in [1.54, 1.807) is 6.07 Å². The van der Waals surface area contributed by atoms with Crippen molar-refractivity contribution in [3.63, 3.8) is 0 Å². The van der Waals surface area contributed by atoms with Crippen molar-refractivity contribution in [2.45, 2.75) is 18.1 Å². The van der Waals surface area contributed by atoms with Gasteiger partial charge < -0.3 is 4.98 Å². The van der Waals surface area contributed by atoms with Crippen LogP contribution in [-0.2, 0) is 10.0 Å². The summed E-state index contributed by atoms with van der Waals surface area (Å²) in [5.41, 5.74) is -0.871. The van der Waals surface area contributed by atoms with Gasteiger partial charge in [-0.25, -0.2) is 22.2 Å². The Labute approximate surface area is 161 Å². The Hall–Kier alpha value is -2.33. The van der Waals surface area contributed by atoms with Crippen LogP contribution in [0, 0.1) is 11.6 Å². The van der Waals surface area contributed by atoms with Crippen molar-refractivity contribution < 1.29 is 22.0 Å². The van der Waals surface area contributed by atoms with Crippen LogP contribution in [0.2, 0.25) is 0 Å². The largest absolute Gasteiger partial charge is 0.345 e. The maximum absolute atomic E-state index is 14.8. The van der Waals surface area contributed by atoms with Crippen molar-refractivity contribution in [2.75, 3.05) is 4.72 Å². The van der Waals surface area contributed by atoms with Gasteiger partial charge in [-0.05, 0) is 47.0 Å². The monoisotopic (exact) mass is 455 g/mol. The maximum atomic E-state index is 14.8. The molecule has 0 unspecified atom stereocenters. The van der Waals surface area contributed by atoms with Crippen LogP contribution in [0.3, 0.4) is 0 Å². The molecule has 2 aromatic heterocycles. The molecule has 0 amide bonds. The molecule has 0 saturated heterocycles. The number of carbonyl (C=O) groups is 1. The minimum atomic E-state index is -3.76. The molecule has 0 bridgehead atoms. The highest BCUT2D eigenvalue weighted by molar-refractivity contribution is 9.10. The SMILES string of the molecule is O=C(c1c(F)ccc(NS(=O)(=O)C2CC2)c1F)c1c[nH]c2ncc(Br)cc12. The predicted molar refractivity (Wildman–Crippen MR) is 99.1 cm³/mol. The molecule has 0 aliphatic heterocycles. The van der Waals surface area contributed by atoms with Gasteiger partial charge in [-0.15, -0.1) is 0 Å². The van der Waals surface area contributed by atoms with Crippen LogP contribution in [0.5, 0.6) is 0 Å². The minimum Gasteiger partial charge on any atom is -0.345 e. The number of aromatic nitrogens is 2. The molecule has 3 aromatic rings. The minimum absolute atomic E-state index is 0.0267. The Bertz CT molecular complexity index is 1190. The summed E-state index contributed by atoms with van der Waals surface area (Å²) in [5, 5.41) is -0.199. The Morgan fingerprint density at radius 3 is 2.74 bits per heavy atom. The number of fused-ring (bicyclic) bond motifs is 1. The van der Waals surface area contributed by atoms with E-state index >= 15 is 0 Å². The van der Waals surface area contributed by atoms with Gasteiger partial charge in [-0.3, -0.25) is 9.52 Å². The summed E-state index contributed by atoms with van der Waals surface area (Å²) >= 11 is 3.24. The Balaban J connectivity index is 1.79. The standard InChI is InChI=1S/C17H12BrF2N3O3S/c18-8-5-10-11(7-22-17(10)21-6-8)16(24)14-12(19)3-4-13(15(14)20)23-27(25,26)9-1-2-9/h3-7,9,23H,1-2H2,(H,21,22). The third-order valence-corrected chi connectivity index (χ3v) is 6.56. The second-order valence-corrected chi connectivity index (χ2v) is 9.09. The molecule has 1 aromatic carbocycles. The number of pyridine rings is 1. The van der Waals surface area contributed by atoms with Crippen molar-refractivity contribution in [1.82, 2.24) is 9.97 Å². The first-order valence-electron chi connectivity index (χ1n) is 7.95. The first kappa shape index (κ1) is 18.1. The lowest BCUT2D eigenvalue weighted by Gasteiger charge is -2.11. The van der Waals surface area contributed by atoms with Crippen LogP contribution in [0.4, 0.5) is 14.5 Å². The fourth-order valence-electron chi connectivity index (χ4n) is 2.75. The quantitative estimate of drug-likeness (QED) is 0.573. The van der Waals surface area contributed by atoms with Gasteiger partial charge in [0.15, 0.2) is 5.82 Å². The van der Waals surface area contributed by atoms with Crippen molar-refractivity contribution in [3.8, 4) is 0 Å². The van der Waals surface area contributed by atoms with E-state index in [1.807, 2.05) is 0 Å². The molecular weight excluding hydrogens is 444 g/mol. The number of carbonyl (C=O) groups excluding carboxylic acids is 1. The smallest absolute Gasteiger partial charge is 0.235 e. The van der Waals surface area contributed by atoms with Crippen LogP contribution < -0.4 is 4.72 Å². The number of ketones is 1. The summed E-state index contributed by atoms with van der Waals surface area (Å²) in [4.78, 5) is 19.7. The Kier molecular flexibility index (Phi) is 4.26. The second-order valence-electron chi connectivity index (χ2n) is 6.21. The molecule has 4 rings (SSSR count). The van der Waals surface area contributed by atoms with E-state index in [0.717, 1.165) is 12.1 Å². The lowest BCUT2D eigenvalue weighted by atomic mass is 10.0. The Morgan fingerprint density at radius 2 is 2.04 bits per heavy atom. The van der Waals surface area contributed by atoms with Gasteiger partial charge in [0.1, 0.15) is 11.5 Å². The molecule has 27 heavy (non-hydrogen) atoms. The molecule has 140 valence electrons. The number of hydrogen-bond donors (Lipinski definition) is 2. The van der Waals surface area contributed by atoms with Crippen molar-refractivity contribution in [3.05, 3.63) is 57.8 Å². The van der Waals surface area contributed by atoms with E-state index in [2.05, 4.69) is 30.6 Å². The van der Waals surface area contributed by atoms with E-state index in [0.29, 0.717) is 28.3 Å². The summed E-state index contributed by atoms with van der Waals surface area (Å²) < 4.78 is 55.9. The molecule has 2 N–H and O–H groups in total. The first-order chi connectivity index (χ1) is 12.8. The van der Waals surface area contributed by atoms with Gasteiger partial charge in [-0.1, -0.05) is 0 Å². The number of sulfonamides is 1. The molecule has 0 spiro atoms. The highest BCUT2D eigenvalue weighted by Crippen LogP contribution is 2.32. The van der Waals surface area contributed by atoms with Gasteiger partial charge >= 0.3 is 0 Å². The van der Waals surface area contributed by atoms with E-state index < -0.39 is 43.9 Å². The van der Waals surface area contributed by atoms with Gasteiger partial charge in [0, 0.05) is 27.8 Å². The number of halogens is 3. The van der Waals surface area contributed by atoms with E-state index in [4.69, 9.17) is 0 Å². The zero-order valence-electron chi connectivity index (χ0n) is 13.6. The Morgan fingerprint density at radius 1 is 1.30 bits per heavy atom. The van der Waals surface area contributed by atoms with Crippen LogP contribution in [0.1, 0.15) is 28.8 Å². The average Bonchev–Trinajstić information content (AvgIpc) is 3.39. The van der Waals surface area contributed by atoms with Crippen LogP contribution in [0.15, 0.2) is 35.1 Å². The number of nitrogens with zero attached hydrogens (tertiary/aromatic N) is 1. The fourth-order valence-corrected chi connectivity index (χ4v) is 4.47. The van der Waals surface area contributed by atoms with E-state index in [9.17, 15) is 22.0 Å². The van der Waals surface area contributed by atoms with Crippen molar-refractivity contribution in [1.29, 1.82) is 0 Å². The van der Waals surface area contributed by atoms with Crippen molar-refractivity contribution in [2.24, 2.45) is 0 Å². The second kappa shape index (κ2) is 6.38. The number of rotatable bonds is 5. The number of hydrogen-bond acceptors (Lipinski definition) is 4. The third kappa shape index (κ3) is 3.23. The zero-order valence-corrected chi connectivity index (χ0v) is 16.0. The van der Waals surface area contributed by atoms with Gasteiger partial charge in [-0.2, -0.15) is 0 Å². The molecule has 1 aliphatic carbocycles. The van der Waals surface area contributed by atoms with Gasteiger partial charge in [0.05, 0.1) is 16.5 Å². The van der Waals surface area contributed by atoms with Crippen molar-refractivity contribution >= 4 is 48.5 Å². The number of anilines is 1. The fraction of sp³-hybridized carbons (Fsp3) is 0.176. The van der Waals surface area contributed by atoms with Crippen LogP contribution in [-0.4, -0.2) is 29.4 Å². The number of nitrogens with one attached hydrogen (secondary N) is 2. The summed E-state index contributed by atoms with van der Waals surface area (Å²) in [6.45, 7) is 0. The number of H-pyrrole nitrogens is 1. The number of benzene rings is 1. The molecular formula is C17H12BrF2N3O3S. The van der Waals surface area contributed by atoms with Crippen LogP contribution in [0.25, 0.3) is 11.0 Å².